The number of halogens is 2. The molecule has 10 heavy (non-hydrogen) atoms. The summed E-state index contributed by atoms with van der Waals surface area (Å²) in [6.07, 6.45) is 2.36. The quantitative estimate of drug-likeness (QED) is 0.663. The molecule has 0 bridgehead atoms. The highest BCUT2D eigenvalue weighted by Crippen LogP contribution is 2.10. The molecule has 0 aromatic carbocycles. The van der Waals surface area contributed by atoms with Gasteiger partial charge in [0.2, 0.25) is 0 Å². The molecule has 0 amide bonds. The Balaban J connectivity index is 3.19. The highest BCUT2D eigenvalue weighted by Gasteiger charge is 1.99. The van der Waals surface area contributed by atoms with Crippen LogP contribution in [0.5, 0.6) is 0 Å². The first-order chi connectivity index (χ1) is 4.74. The highest BCUT2D eigenvalue weighted by molar-refractivity contribution is 6.33. The molecule has 0 radical (unpaired) electrons. The average Bonchev–Trinajstić information content (AvgIpc) is 1.88. The summed E-state index contributed by atoms with van der Waals surface area (Å²) in [6.45, 7) is 0. The molecule has 1 heterocycles. The third kappa shape index (κ3) is 1.43. The van der Waals surface area contributed by atoms with Crippen LogP contribution in [0.15, 0.2) is 6.20 Å². The molecule has 0 saturated carbocycles. The molecule has 0 spiro atoms. The normalized spacial score (nSPS) is 9.40. The van der Waals surface area contributed by atoms with Crippen LogP contribution < -0.4 is 0 Å². The highest BCUT2D eigenvalue weighted by atomic mass is 35.5. The summed E-state index contributed by atoms with van der Waals surface area (Å²) in [5.74, 6) is 0. The molecule has 0 aliphatic heterocycles. The van der Waals surface area contributed by atoms with E-state index in [1.807, 2.05) is 0 Å². The van der Waals surface area contributed by atoms with Gasteiger partial charge in [-0.25, -0.2) is 9.97 Å². The van der Waals surface area contributed by atoms with E-state index in [4.69, 9.17) is 28.6 Å². The Kier molecular flexibility index (Phi) is 2.19. The summed E-state index contributed by atoms with van der Waals surface area (Å²) < 4.78 is 0. The molecule has 0 fully saturated rings. The SMILES string of the molecule is N=Cc1ncc(Cl)nc1Cl. The molecule has 3 nitrogen and oxygen atoms in total. The minimum absolute atomic E-state index is 0.155. The molecule has 0 unspecified atom stereocenters. The minimum atomic E-state index is 0.155. The maximum absolute atomic E-state index is 6.80. The van der Waals surface area contributed by atoms with Gasteiger partial charge < -0.3 is 5.41 Å². The summed E-state index contributed by atoms with van der Waals surface area (Å²) in [5, 5.41) is 7.19. The summed E-state index contributed by atoms with van der Waals surface area (Å²) in [5.41, 5.74) is 0.325. The fourth-order valence-electron chi connectivity index (χ4n) is 0.453. The van der Waals surface area contributed by atoms with Gasteiger partial charge in [0.25, 0.3) is 0 Å². The van der Waals surface area contributed by atoms with Crippen LogP contribution in [0.2, 0.25) is 10.3 Å². The maximum Gasteiger partial charge on any atom is 0.158 e. The van der Waals surface area contributed by atoms with Crippen molar-refractivity contribution < 1.29 is 0 Å². The van der Waals surface area contributed by atoms with Crippen molar-refractivity contribution in [1.82, 2.24) is 9.97 Å². The standard InChI is InChI=1S/C5H3Cl2N3/c6-4-2-9-3(1-8)5(7)10-4/h1-2,8H. The van der Waals surface area contributed by atoms with Crippen molar-refractivity contribution in [2.45, 2.75) is 0 Å². The van der Waals surface area contributed by atoms with Gasteiger partial charge >= 0.3 is 0 Å². The molecule has 1 aromatic rings. The van der Waals surface area contributed by atoms with E-state index in [1.165, 1.54) is 6.20 Å². The fourth-order valence-corrected chi connectivity index (χ4v) is 0.824. The van der Waals surface area contributed by atoms with Gasteiger partial charge in [0.15, 0.2) is 5.15 Å². The van der Waals surface area contributed by atoms with Crippen molar-refractivity contribution in [1.29, 1.82) is 5.41 Å². The Morgan fingerprint density at radius 3 is 2.70 bits per heavy atom. The van der Waals surface area contributed by atoms with Gasteiger partial charge in [0, 0.05) is 6.21 Å². The lowest BCUT2D eigenvalue weighted by Gasteiger charge is -1.93. The molecule has 1 rings (SSSR count). The van der Waals surface area contributed by atoms with E-state index < -0.39 is 0 Å². The molecular weight excluding hydrogens is 173 g/mol. The number of nitrogens with one attached hydrogen (secondary N) is 1. The third-order valence-corrected chi connectivity index (χ3v) is 1.32. The largest absolute Gasteiger partial charge is 0.306 e. The Morgan fingerprint density at radius 1 is 1.50 bits per heavy atom. The first kappa shape index (κ1) is 7.44. The predicted molar refractivity (Wildman–Crippen MR) is 39.9 cm³/mol. The molecule has 0 aliphatic rings. The summed E-state index contributed by atoms with van der Waals surface area (Å²) >= 11 is 11.0. The number of nitrogens with zero attached hydrogens (tertiary/aromatic N) is 2. The molecule has 52 valence electrons. The van der Waals surface area contributed by atoms with Crippen molar-refractivity contribution in [2.75, 3.05) is 0 Å². The molecular formula is C5H3Cl2N3. The van der Waals surface area contributed by atoms with Crippen LogP contribution in [0, 0.1) is 5.41 Å². The van der Waals surface area contributed by atoms with Crippen LogP contribution in [-0.4, -0.2) is 16.2 Å². The summed E-state index contributed by atoms with van der Waals surface area (Å²) in [6, 6.07) is 0. The number of hydrogen-bond acceptors (Lipinski definition) is 3. The molecule has 0 saturated heterocycles. The molecule has 1 N–H and O–H groups in total. The van der Waals surface area contributed by atoms with Crippen LogP contribution in [0.4, 0.5) is 0 Å². The lowest BCUT2D eigenvalue weighted by atomic mass is 10.5. The minimum Gasteiger partial charge on any atom is -0.306 e. The second-order valence-corrected chi connectivity index (χ2v) is 2.26. The van der Waals surface area contributed by atoms with Crippen LogP contribution in [0.25, 0.3) is 0 Å². The molecule has 1 aromatic heterocycles. The zero-order chi connectivity index (χ0) is 7.56. The second kappa shape index (κ2) is 2.94. The lowest BCUT2D eigenvalue weighted by molar-refractivity contribution is 1.18. The Bertz CT molecular complexity index is 261. The maximum atomic E-state index is 6.80. The van der Waals surface area contributed by atoms with Gasteiger partial charge in [0.05, 0.1) is 6.20 Å². The van der Waals surface area contributed by atoms with Crippen molar-refractivity contribution in [3.63, 3.8) is 0 Å². The Labute approximate surface area is 67.5 Å². The van der Waals surface area contributed by atoms with Crippen LogP contribution in [0.1, 0.15) is 5.69 Å². The Morgan fingerprint density at radius 2 is 2.20 bits per heavy atom. The molecule has 5 heteroatoms. The second-order valence-electron chi connectivity index (χ2n) is 1.51. The lowest BCUT2D eigenvalue weighted by Crippen LogP contribution is -1.90. The molecule has 0 aliphatic carbocycles. The van der Waals surface area contributed by atoms with Gasteiger partial charge in [-0.1, -0.05) is 23.2 Å². The average molecular weight is 176 g/mol. The van der Waals surface area contributed by atoms with Crippen LogP contribution in [-0.2, 0) is 0 Å². The Hall–Kier alpha value is -0.670. The smallest absolute Gasteiger partial charge is 0.158 e. The van der Waals surface area contributed by atoms with Crippen molar-refractivity contribution in [3.05, 3.63) is 22.2 Å². The van der Waals surface area contributed by atoms with E-state index in [0.717, 1.165) is 6.21 Å². The first-order valence-electron chi connectivity index (χ1n) is 2.42. The van der Waals surface area contributed by atoms with Crippen molar-refractivity contribution in [3.8, 4) is 0 Å². The van der Waals surface area contributed by atoms with E-state index in [-0.39, 0.29) is 10.3 Å². The van der Waals surface area contributed by atoms with E-state index in [1.54, 1.807) is 0 Å². The van der Waals surface area contributed by atoms with Crippen molar-refractivity contribution in [2.24, 2.45) is 0 Å². The van der Waals surface area contributed by atoms with Crippen LogP contribution in [0.3, 0.4) is 0 Å². The third-order valence-electron chi connectivity index (χ3n) is 0.863. The number of hydrogen-bond donors (Lipinski definition) is 1. The predicted octanol–water partition coefficient (Wildman–Crippen LogP) is 1.78. The van der Waals surface area contributed by atoms with Gasteiger partial charge in [-0.3, -0.25) is 0 Å². The van der Waals surface area contributed by atoms with E-state index in [0.29, 0.717) is 5.69 Å². The zero-order valence-corrected chi connectivity index (χ0v) is 6.32. The number of aromatic nitrogens is 2. The van der Waals surface area contributed by atoms with Crippen LogP contribution >= 0.6 is 23.2 Å². The van der Waals surface area contributed by atoms with Gasteiger partial charge in [-0.15, -0.1) is 0 Å². The topological polar surface area (TPSA) is 49.6 Å². The van der Waals surface area contributed by atoms with E-state index >= 15 is 0 Å². The van der Waals surface area contributed by atoms with Gasteiger partial charge in [0.1, 0.15) is 10.8 Å². The van der Waals surface area contributed by atoms with E-state index in [2.05, 4.69) is 9.97 Å². The first-order valence-corrected chi connectivity index (χ1v) is 3.18. The summed E-state index contributed by atoms with van der Waals surface area (Å²) in [4.78, 5) is 7.39. The fraction of sp³-hybridized carbons (Fsp3) is 0. The van der Waals surface area contributed by atoms with Gasteiger partial charge in [-0.2, -0.15) is 0 Å². The van der Waals surface area contributed by atoms with Gasteiger partial charge in [-0.05, 0) is 0 Å². The zero-order valence-electron chi connectivity index (χ0n) is 4.81. The van der Waals surface area contributed by atoms with E-state index in [9.17, 15) is 0 Å². The summed E-state index contributed by atoms with van der Waals surface area (Å²) in [7, 11) is 0. The van der Waals surface area contributed by atoms with Crippen molar-refractivity contribution >= 4 is 29.4 Å². The number of rotatable bonds is 1. The molecule has 0 atom stereocenters. The monoisotopic (exact) mass is 175 g/mol.